The molecule has 7 rings (SSSR count). The van der Waals surface area contributed by atoms with Gasteiger partial charge in [-0.1, -0.05) is 6.58 Å². The number of aromatic nitrogens is 6. The fourth-order valence-corrected chi connectivity index (χ4v) is 6.14. The van der Waals surface area contributed by atoms with Gasteiger partial charge in [0.1, 0.15) is 34.7 Å². The summed E-state index contributed by atoms with van der Waals surface area (Å²) >= 11 is 0. The van der Waals surface area contributed by atoms with Crippen LogP contribution in [-0.4, -0.2) is 52.4 Å². The molecule has 2 fully saturated rings. The van der Waals surface area contributed by atoms with Crippen LogP contribution in [0.1, 0.15) is 37.3 Å². The van der Waals surface area contributed by atoms with E-state index in [4.69, 9.17) is 9.72 Å². The lowest BCUT2D eigenvalue weighted by atomic mass is 9.87. The van der Waals surface area contributed by atoms with E-state index in [1.54, 1.807) is 30.7 Å². The summed E-state index contributed by atoms with van der Waals surface area (Å²) in [5.41, 5.74) is 3.81. The predicted molar refractivity (Wildman–Crippen MR) is 151 cm³/mol. The molecule has 2 saturated heterocycles. The fourth-order valence-electron chi connectivity index (χ4n) is 6.14. The number of ether oxygens (including phenoxy) is 1. The highest BCUT2D eigenvalue weighted by atomic mass is 19.1. The molecule has 41 heavy (non-hydrogen) atoms. The number of benzene rings is 1. The second-order valence-electron chi connectivity index (χ2n) is 10.6. The fraction of sp³-hybridized carbons (Fsp3) is 0.267. The molecule has 1 N–H and O–H groups in total. The third-order valence-electron chi connectivity index (χ3n) is 8.04. The van der Waals surface area contributed by atoms with Crippen LogP contribution in [0.5, 0.6) is 11.5 Å². The van der Waals surface area contributed by atoms with Gasteiger partial charge in [0.05, 0.1) is 23.7 Å². The summed E-state index contributed by atoms with van der Waals surface area (Å²) in [6, 6.07) is 10.6. The molecule has 5 aromatic rings. The van der Waals surface area contributed by atoms with E-state index in [0.717, 1.165) is 37.0 Å². The monoisotopic (exact) mass is 550 g/mol. The van der Waals surface area contributed by atoms with Crippen molar-refractivity contribution in [3.8, 4) is 11.5 Å². The lowest BCUT2D eigenvalue weighted by molar-refractivity contribution is -0.130. The third-order valence-corrected chi connectivity index (χ3v) is 8.04. The van der Waals surface area contributed by atoms with Crippen LogP contribution in [0.25, 0.3) is 22.2 Å². The van der Waals surface area contributed by atoms with Gasteiger partial charge in [-0.15, -0.1) is 0 Å². The van der Waals surface area contributed by atoms with Gasteiger partial charge in [0.25, 0.3) is 0 Å². The smallest absolute Gasteiger partial charge is 0.246 e. The highest BCUT2D eigenvalue weighted by molar-refractivity contribution is 5.88. The van der Waals surface area contributed by atoms with Crippen molar-refractivity contribution in [1.82, 2.24) is 34.4 Å². The van der Waals surface area contributed by atoms with Gasteiger partial charge < -0.3 is 19.5 Å². The first-order valence-electron chi connectivity index (χ1n) is 13.5. The van der Waals surface area contributed by atoms with E-state index in [1.165, 1.54) is 18.5 Å². The van der Waals surface area contributed by atoms with Crippen LogP contribution < -0.4 is 10.1 Å². The number of piperidine rings is 1. The van der Waals surface area contributed by atoms with Crippen LogP contribution in [0.2, 0.25) is 0 Å². The van der Waals surface area contributed by atoms with E-state index in [1.807, 2.05) is 28.6 Å². The Labute approximate surface area is 234 Å². The van der Waals surface area contributed by atoms with Gasteiger partial charge in [-0.3, -0.25) is 4.79 Å². The average molecular weight is 551 g/mol. The Kier molecular flexibility index (Phi) is 6.06. The molecule has 0 saturated carbocycles. The van der Waals surface area contributed by atoms with Crippen molar-refractivity contribution in [2.45, 2.75) is 43.7 Å². The van der Waals surface area contributed by atoms with E-state index in [0.29, 0.717) is 33.9 Å². The maximum Gasteiger partial charge on any atom is 0.246 e. The molecule has 1 unspecified atom stereocenters. The van der Waals surface area contributed by atoms with Crippen LogP contribution >= 0.6 is 0 Å². The first-order valence-corrected chi connectivity index (χ1v) is 13.5. The van der Waals surface area contributed by atoms with Crippen LogP contribution in [-0.2, 0) is 11.8 Å². The van der Waals surface area contributed by atoms with Gasteiger partial charge in [0, 0.05) is 42.9 Å². The SMILES string of the molecule is C=CC(=O)N1[C@@H]2CC[C@H]1CC(c1ccc3ncnc(Nc4ccc(Oc5cnc6c(c5)ncn6C)cc4F)c3n1)C2. The molecule has 6 heterocycles. The van der Waals surface area contributed by atoms with Gasteiger partial charge in [-0.2, -0.15) is 0 Å². The lowest BCUT2D eigenvalue weighted by Crippen LogP contribution is -2.45. The van der Waals surface area contributed by atoms with Crippen LogP contribution in [0, 0.1) is 5.82 Å². The highest BCUT2D eigenvalue weighted by Crippen LogP contribution is 2.43. The molecule has 2 bridgehead atoms. The Morgan fingerprint density at radius 2 is 1.88 bits per heavy atom. The summed E-state index contributed by atoms with van der Waals surface area (Å²) in [5, 5.41) is 3.09. The standard InChI is InChI=1S/C30H27FN8O2/c1-3-27(40)39-18-4-5-19(39)11-17(10-18)23-8-9-25-28(36-23)29(34-15-33-25)37-24-7-6-20(12-22(24)31)41-21-13-26-30(32-14-21)38(2)16-35-26/h3,6-9,12-19H,1,4-5,10-11H2,2H3,(H,33,34,37)/t17?,18-,19+. The average Bonchev–Trinajstić information content (AvgIpc) is 3.48. The van der Waals surface area contributed by atoms with Crippen molar-refractivity contribution in [1.29, 1.82) is 0 Å². The normalized spacial score (nSPS) is 20.0. The predicted octanol–water partition coefficient (Wildman–Crippen LogP) is 5.40. The summed E-state index contributed by atoms with van der Waals surface area (Å²) in [6.45, 7) is 3.66. The molecule has 2 aliphatic rings. The summed E-state index contributed by atoms with van der Waals surface area (Å²) in [7, 11) is 1.86. The van der Waals surface area contributed by atoms with Crippen molar-refractivity contribution < 1.29 is 13.9 Å². The van der Waals surface area contributed by atoms with Crippen LogP contribution in [0.3, 0.4) is 0 Å². The first-order chi connectivity index (χ1) is 20.0. The number of nitrogens with one attached hydrogen (secondary N) is 1. The molecule has 10 nitrogen and oxygen atoms in total. The maximum atomic E-state index is 15.2. The van der Waals surface area contributed by atoms with Gasteiger partial charge in [-0.25, -0.2) is 29.3 Å². The van der Waals surface area contributed by atoms with Crippen LogP contribution in [0.4, 0.5) is 15.9 Å². The zero-order chi connectivity index (χ0) is 28.1. The number of anilines is 2. The Hall–Kier alpha value is -4.93. The number of carbonyl (C=O) groups excluding carboxylic acids is 1. The first kappa shape index (κ1) is 25.1. The van der Waals surface area contributed by atoms with Crippen molar-refractivity contribution in [3.63, 3.8) is 0 Å². The van der Waals surface area contributed by atoms with E-state index in [2.05, 4.69) is 31.8 Å². The third kappa shape index (κ3) is 4.52. The number of aryl methyl sites for hydroxylation is 1. The van der Waals surface area contributed by atoms with Crippen molar-refractivity contribution in [2.75, 3.05) is 5.32 Å². The summed E-state index contributed by atoms with van der Waals surface area (Å²) in [6.07, 6.45) is 9.79. The molecule has 0 aliphatic carbocycles. The van der Waals surface area contributed by atoms with E-state index in [-0.39, 0.29) is 29.6 Å². The number of carbonyl (C=O) groups is 1. The quantitative estimate of drug-likeness (QED) is 0.280. The van der Waals surface area contributed by atoms with Gasteiger partial charge in [-0.05, 0) is 56.0 Å². The van der Waals surface area contributed by atoms with E-state index < -0.39 is 5.82 Å². The second-order valence-corrected chi connectivity index (χ2v) is 10.6. The van der Waals surface area contributed by atoms with Crippen molar-refractivity contribution >= 4 is 39.6 Å². The Morgan fingerprint density at radius 1 is 1.05 bits per heavy atom. The molecular weight excluding hydrogens is 523 g/mol. The highest BCUT2D eigenvalue weighted by Gasteiger charge is 2.43. The zero-order valence-corrected chi connectivity index (χ0v) is 22.4. The number of hydrogen-bond acceptors (Lipinski definition) is 8. The molecule has 0 spiro atoms. The number of halogens is 1. The minimum absolute atomic E-state index is 0.00619. The number of amides is 1. The van der Waals surface area contributed by atoms with Crippen molar-refractivity contribution in [3.05, 3.63) is 79.4 Å². The number of hydrogen-bond donors (Lipinski definition) is 1. The Balaban J connectivity index is 1.12. The molecule has 11 heteroatoms. The molecular formula is C30H27FN8O2. The lowest BCUT2D eigenvalue weighted by Gasteiger charge is -2.38. The molecule has 0 radical (unpaired) electrons. The molecule has 1 aromatic carbocycles. The van der Waals surface area contributed by atoms with E-state index in [9.17, 15) is 4.79 Å². The minimum atomic E-state index is -0.506. The summed E-state index contributed by atoms with van der Waals surface area (Å²) < 4.78 is 22.9. The van der Waals surface area contributed by atoms with Gasteiger partial charge in [0.2, 0.25) is 5.91 Å². The molecule has 3 atom stereocenters. The van der Waals surface area contributed by atoms with Gasteiger partial charge in [0.15, 0.2) is 11.5 Å². The second kappa shape index (κ2) is 9.92. The summed E-state index contributed by atoms with van der Waals surface area (Å²) in [4.78, 5) is 36.7. The Morgan fingerprint density at radius 3 is 2.66 bits per heavy atom. The summed E-state index contributed by atoms with van der Waals surface area (Å²) in [5.74, 6) is 0.917. The number of nitrogens with zero attached hydrogens (tertiary/aromatic N) is 7. The number of rotatable bonds is 6. The van der Waals surface area contributed by atoms with E-state index >= 15 is 4.39 Å². The minimum Gasteiger partial charge on any atom is -0.456 e. The van der Waals surface area contributed by atoms with Gasteiger partial charge >= 0.3 is 0 Å². The molecule has 4 aromatic heterocycles. The Bertz CT molecular complexity index is 1810. The van der Waals surface area contributed by atoms with Crippen LogP contribution in [0.15, 0.2) is 67.9 Å². The molecule has 1 amide bonds. The number of pyridine rings is 2. The zero-order valence-electron chi connectivity index (χ0n) is 22.4. The molecule has 206 valence electrons. The topological polar surface area (TPSA) is 111 Å². The van der Waals surface area contributed by atoms with Crippen molar-refractivity contribution in [2.24, 2.45) is 7.05 Å². The molecule has 2 aliphatic heterocycles. The number of fused-ring (bicyclic) bond motifs is 4. The largest absolute Gasteiger partial charge is 0.456 e. The number of imidazole rings is 1. The maximum absolute atomic E-state index is 15.2.